The summed E-state index contributed by atoms with van der Waals surface area (Å²) in [7, 11) is -0.803. The van der Waals surface area contributed by atoms with Gasteiger partial charge in [0.2, 0.25) is 0 Å². The fraction of sp³-hybridized carbons (Fsp3) is 0.259. The van der Waals surface area contributed by atoms with E-state index >= 15 is 0 Å². The number of aromatic nitrogens is 1. The fourth-order valence-corrected chi connectivity index (χ4v) is 6.05. The van der Waals surface area contributed by atoms with Gasteiger partial charge in [-0.25, -0.2) is 12.4 Å². The Balaban J connectivity index is 0.00000304. The lowest BCUT2D eigenvalue weighted by Gasteiger charge is -2.36. The second kappa shape index (κ2) is 10.8. The molecule has 1 aliphatic heterocycles. The van der Waals surface area contributed by atoms with Crippen LogP contribution in [0.15, 0.2) is 83.9 Å². The van der Waals surface area contributed by atoms with Crippen LogP contribution in [-0.2, 0) is 16.6 Å². The molecule has 1 aromatic heterocycles. The van der Waals surface area contributed by atoms with E-state index in [4.69, 9.17) is 9.47 Å². The molecule has 36 heavy (non-hydrogen) atoms. The van der Waals surface area contributed by atoms with Crippen LogP contribution in [-0.4, -0.2) is 57.7 Å². The van der Waals surface area contributed by atoms with Gasteiger partial charge in [0.05, 0.1) is 24.6 Å². The normalized spacial score (nSPS) is 14.4. The molecule has 7 nitrogen and oxygen atoms in total. The van der Waals surface area contributed by atoms with E-state index in [2.05, 4.69) is 40.1 Å². The van der Waals surface area contributed by atoms with Crippen LogP contribution in [0.25, 0.3) is 10.9 Å². The number of rotatable bonds is 7. The van der Waals surface area contributed by atoms with Crippen molar-refractivity contribution in [3.8, 4) is 11.5 Å². The number of fused-ring (bicyclic) bond motifs is 1. The average molecular weight is 528 g/mol. The van der Waals surface area contributed by atoms with Crippen molar-refractivity contribution in [3.05, 3.63) is 84.6 Å². The Morgan fingerprint density at radius 1 is 0.806 bits per heavy atom. The Labute approximate surface area is 218 Å². The third kappa shape index (κ3) is 4.89. The fourth-order valence-electron chi connectivity index (χ4n) is 4.69. The summed E-state index contributed by atoms with van der Waals surface area (Å²) in [5, 5.41) is 0.924. The van der Waals surface area contributed by atoms with E-state index in [0.717, 1.165) is 43.8 Å². The predicted octanol–water partition coefficient (Wildman–Crippen LogP) is 4.64. The third-order valence-electron chi connectivity index (χ3n) is 6.55. The Morgan fingerprint density at radius 2 is 1.53 bits per heavy atom. The van der Waals surface area contributed by atoms with Gasteiger partial charge < -0.3 is 14.4 Å². The van der Waals surface area contributed by atoms with Crippen molar-refractivity contribution in [2.45, 2.75) is 11.4 Å². The van der Waals surface area contributed by atoms with Crippen LogP contribution >= 0.6 is 12.4 Å². The van der Waals surface area contributed by atoms with Gasteiger partial charge in [0.1, 0.15) is 0 Å². The summed E-state index contributed by atoms with van der Waals surface area (Å²) in [5.41, 5.74) is 3.03. The van der Waals surface area contributed by atoms with Gasteiger partial charge in [0.15, 0.2) is 11.5 Å². The van der Waals surface area contributed by atoms with E-state index in [9.17, 15) is 8.42 Å². The van der Waals surface area contributed by atoms with Gasteiger partial charge in [-0.2, -0.15) is 0 Å². The molecule has 3 aromatic carbocycles. The van der Waals surface area contributed by atoms with Crippen LogP contribution in [0.2, 0.25) is 0 Å². The summed E-state index contributed by atoms with van der Waals surface area (Å²) in [6.07, 6.45) is 1.63. The van der Waals surface area contributed by atoms with Crippen molar-refractivity contribution in [2.24, 2.45) is 0 Å². The van der Waals surface area contributed by atoms with Crippen LogP contribution in [0.3, 0.4) is 0 Å². The zero-order valence-electron chi connectivity index (χ0n) is 20.3. The Morgan fingerprint density at radius 3 is 2.22 bits per heavy atom. The summed E-state index contributed by atoms with van der Waals surface area (Å²) in [6, 6.07) is 22.9. The summed E-state index contributed by atoms with van der Waals surface area (Å²) >= 11 is 0. The van der Waals surface area contributed by atoms with Crippen molar-refractivity contribution in [1.29, 1.82) is 0 Å². The standard InChI is InChI=1S/C27H29N3O4S.ClH/c1-33-26-12-11-22(19-27(26)34-2)35(31,32)30-14-13-23-24(9-6-10-25(23)30)29-17-15-28(16-18-29)20-21-7-4-3-5-8-21;/h3-14,19H,15-18,20H2,1-2H3;1H. The molecule has 2 heterocycles. The van der Waals surface area contributed by atoms with E-state index in [0.29, 0.717) is 17.0 Å². The lowest BCUT2D eigenvalue weighted by Crippen LogP contribution is -2.46. The predicted molar refractivity (Wildman–Crippen MR) is 145 cm³/mol. The van der Waals surface area contributed by atoms with Crippen molar-refractivity contribution >= 4 is 39.0 Å². The summed E-state index contributed by atoms with van der Waals surface area (Å²) in [6.45, 7) is 4.63. The lowest BCUT2D eigenvalue weighted by molar-refractivity contribution is 0.250. The first kappa shape index (κ1) is 25.9. The zero-order chi connectivity index (χ0) is 24.4. The van der Waals surface area contributed by atoms with Crippen LogP contribution in [0.5, 0.6) is 11.5 Å². The molecule has 0 bridgehead atoms. The van der Waals surface area contributed by atoms with Gasteiger partial charge in [0.25, 0.3) is 10.0 Å². The molecule has 0 spiro atoms. The first-order valence-electron chi connectivity index (χ1n) is 11.6. The SMILES string of the molecule is COc1ccc(S(=O)(=O)n2ccc3c(N4CCN(Cc5ccccc5)CC4)cccc32)cc1OC.Cl. The van der Waals surface area contributed by atoms with Crippen molar-refractivity contribution in [3.63, 3.8) is 0 Å². The van der Waals surface area contributed by atoms with E-state index in [1.54, 1.807) is 18.3 Å². The lowest BCUT2D eigenvalue weighted by atomic mass is 10.1. The highest BCUT2D eigenvalue weighted by atomic mass is 35.5. The molecule has 0 N–H and O–H groups in total. The highest BCUT2D eigenvalue weighted by molar-refractivity contribution is 7.90. The molecule has 0 atom stereocenters. The monoisotopic (exact) mass is 527 g/mol. The van der Waals surface area contributed by atoms with Gasteiger partial charge >= 0.3 is 0 Å². The topological polar surface area (TPSA) is 64.0 Å². The third-order valence-corrected chi connectivity index (χ3v) is 8.23. The maximum atomic E-state index is 13.5. The van der Waals surface area contributed by atoms with Crippen molar-refractivity contribution < 1.29 is 17.9 Å². The van der Waals surface area contributed by atoms with Crippen molar-refractivity contribution in [1.82, 2.24) is 8.87 Å². The number of ether oxygens (including phenoxy) is 2. The van der Waals surface area contributed by atoms with Crippen LogP contribution in [0.1, 0.15) is 5.56 Å². The summed E-state index contributed by atoms with van der Waals surface area (Å²) in [5.74, 6) is 0.858. The number of benzene rings is 3. The number of anilines is 1. The second-order valence-corrected chi connectivity index (χ2v) is 10.4. The minimum Gasteiger partial charge on any atom is -0.493 e. The molecule has 0 saturated carbocycles. The van der Waals surface area contributed by atoms with E-state index in [1.807, 2.05) is 24.3 Å². The second-order valence-electron chi connectivity index (χ2n) is 8.59. The highest BCUT2D eigenvalue weighted by Gasteiger charge is 2.24. The number of piperazine rings is 1. The smallest absolute Gasteiger partial charge is 0.268 e. The molecule has 4 aromatic rings. The zero-order valence-corrected chi connectivity index (χ0v) is 22.0. The largest absolute Gasteiger partial charge is 0.493 e. The summed E-state index contributed by atoms with van der Waals surface area (Å²) in [4.78, 5) is 4.95. The molecular formula is C27H30ClN3O4S. The highest BCUT2D eigenvalue weighted by Crippen LogP contribution is 2.34. The molecule has 0 amide bonds. The number of halogens is 1. The Kier molecular flexibility index (Phi) is 7.78. The average Bonchev–Trinajstić information content (AvgIpc) is 3.35. The maximum absolute atomic E-state index is 13.5. The minimum absolute atomic E-state index is 0. The van der Waals surface area contributed by atoms with Crippen LogP contribution < -0.4 is 14.4 Å². The molecular weight excluding hydrogens is 498 g/mol. The Hall–Kier alpha value is -3.20. The van der Waals surface area contributed by atoms with Gasteiger partial charge in [-0.05, 0) is 35.9 Å². The maximum Gasteiger partial charge on any atom is 0.268 e. The minimum atomic E-state index is -3.82. The molecule has 190 valence electrons. The van der Waals surface area contributed by atoms with Crippen LogP contribution in [0, 0.1) is 0 Å². The molecule has 1 saturated heterocycles. The molecule has 5 rings (SSSR count). The molecule has 0 unspecified atom stereocenters. The van der Waals surface area contributed by atoms with Gasteiger partial charge in [-0.15, -0.1) is 12.4 Å². The molecule has 1 aliphatic rings. The van der Waals surface area contributed by atoms with E-state index in [-0.39, 0.29) is 17.3 Å². The van der Waals surface area contributed by atoms with Gasteiger partial charge in [0, 0.05) is 56.1 Å². The molecule has 1 fully saturated rings. The molecule has 9 heteroatoms. The first-order chi connectivity index (χ1) is 17.0. The quantitative estimate of drug-likeness (QED) is 0.349. The van der Waals surface area contributed by atoms with E-state index < -0.39 is 10.0 Å². The number of hydrogen-bond donors (Lipinski definition) is 0. The summed E-state index contributed by atoms with van der Waals surface area (Å²) < 4.78 is 39.0. The first-order valence-corrected chi connectivity index (χ1v) is 13.0. The van der Waals surface area contributed by atoms with Gasteiger partial charge in [-0.3, -0.25) is 4.90 Å². The van der Waals surface area contributed by atoms with Gasteiger partial charge in [-0.1, -0.05) is 36.4 Å². The molecule has 0 radical (unpaired) electrons. The molecule has 0 aliphatic carbocycles. The Bertz CT molecular complexity index is 1430. The van der Waals surface area contributed by atoms with E-state index in [1.165, 1.54) is 29.8 Å². The number of methoxy groups -OCH3 is 2. The number of hydrogen-bond acceptors (Lipinski definition) is 6. The van der Waals surface area contributed by atoms with Crippen molar-refractivity contribution in [2.75, 3.05) is 45.3 Å². The van der Waals surface area contributed by atoms with Crippen LogP contribution in [0.4, 0.5) is 5.69 Å². The number of nitrogens with zero attached hydrogens (tertiary/aromatic N) is 3.